The van der Waals surface area contributed by atoms with Gasteiger partial charge in [-0.25, -0.2) is 4.79 Å². The number of amides is 3. The Morgan fingerprint density at radius 1 is 0.938 bits per heavy atom. The van der Waals surface area contributed by atoms with Crippen LogP contribution in [0.2, 0.25) is 0 Å². The second-order valence-corrected chi connectivity index (χ2v) is 8.52. The molecule has 2 saturated heterocycles. The third-order valence-corrected chi connectivity index (χ3v) is 6.15. The molecule has 2 aliphatic heterocycles. The molecule has 7 heteroatoms. The standard InChI is InChI=1S/C25H32N4O3/c30-24(21-11-13-29(14-12-21)25(31)27-22-9-5-2-6-10-22)26-17-23-19-28(15-16-32-23)18-20-7-3-1-4-8-20/h1-10,21,23H,11-19H2,(H,26,30)(H,27,31). The molecule has 4 rings (SSSR count). The fourth-order valence-corrected chi connectivity index (χ4v) is 4.32. The maximum Gasteiger partial charge on any atom is 0.321 e. The minimum Gasteiger partial charge on any atom is -0.374 e. The van der Waals surface area contributed by atoms with E-state index in [-0.39, 0.29) is 24.0 Å². The second kappa shape index (κ2) is 11.1. The summed E-state index contributed by atoms with van der Waals surface area (Å²) in [5.41, 5.74) is 2.08. The Bertz CT molecular complexity index is 869. The van der Waals surface area contributed by atoms with Gasteiger partial charge >= 0.3 is 6.03 Å². The highest BCUT2D eigenvalue weighted by Gasteiger charge is 2.28. The molecule has 1 unspecified atom stereocenters. The largest absolute Gasteiger partial charge is 0.374 e. The predicted octanol–water partition coefficient (Wildman–Crippen LogP) is 2.95. The summed E-state index contributed by atoms with van der Waals surface area (Å²) in [5.74, 6) is 0.0108. The van der Waals surface area contributed by atoms with Crippen molar-refractivity contribution in [3.05, 3.63) is 66.2 Å². The molecular formula is C25H32N4O3. The molecule has 2 aromatic rings. The number of ether oxygens (including phenoxy) is 1. The van der Waals surface area contributed by atoms with E-state index in [9.17, 15) is 9.59 Å². The summed E-state index contributed by atoms with van der Waals surface area (Å²) in [7, 11) is 0. The zero-order valence-electron chi connectivity index (χ0n) is 18.4. The van der Waals surface area contributed by atoms with Crippen molar-refractivity contribution in [2.24, 2.45) is 5.92 Å². The van der Waals surface area contributed by atoms with Crippen LogP contribution in [-0.4, -0.2) is 67.2 Å². The van der Waals surface area contributed by atoms with E-state index >= 15 is 0 Å². The van der Waals surface area contributed by atoms with Gasteiger partial charge in [0, 0.05) is 50.9 Å². The summed E-state index contributed by atoms with van der Waals surface area (Å²) in [6, 6.07) is 19.8. The molecule has 0 radical (unpaired) electrons. The van der Waals surface area contributed by atoms with Crippen LogP contribution in [0, 0.1) is 5.92 Å². The van der Waals surface area contributed by atoms with Crippen LogP contribution in [0.15, 0.2) is 60.7 Å². The number of benzene rings is 2. The summed E-state index contributed by atoms with van der Waals surface area (Å²) in [6.45, 7) is 5.00. The number of nitrogens with zero attached hydrogens (tertiary/aromatic N) is 2. The van der Waals surface area contributed by atoms with E-state index in [0.29, 0.717) is 39.1 Å². The van der Waals surface area contributed by atoms with E-state index in [1.54, 1.807) is 4.90 Å². The molecular weight excluding hydrogens is 404 g/mol. The average Bonchev–Trinajstić information content (AvgIpc) is 2.84. The number of para-hydroxylation sites is 1. The topological polar surface area (TPSA) is 73.9 Å². The number of hydrogen-bond donors (Lipinski definition) is 2. The predicted molar refractivity (Wildman–Crippen MR) is 124 cm³/mol. The zero-order valence-corrected chi connectivity index (χ0v) is 18.4. The highest BCUT2D eigenvalue weighted by Crippen LogP contribution is 2.19. The molecule has 32 heavy (non-hydrogen) atoms. The van der Waals surface area contributed by atoms with E-state index < -0.39 is 0 Å². The Kier molecular flexibility index (Phi) is 7.74. The van der Waals surface area contributed by atoms with Crippen LogP contribution in [0.5, 0.6) is 0 Å². The second-order valence-electron chi connectivity index (χ2n) is 8.52. The van der Waals surface area contributed by atoms with Crippen LogP contribution >= 0.6 is 0 Å². The summed E-state index contributed by atoms with van der Waals surface area (Å²) < 4.78 is 5.87. The SMILES string of the molecule is O=C(NCC1CN(Cc2ccccc2)CCO1)C1CCN(C(=O)Nc2ccccc2)CC1. The molecule has 2 fully saturated rings. The van der Waals surface area contributed by atoms with Gasteiger partial charge < -0.3 is 20.3 Å². The normalized spacial score (nSPS) is 20.0. The van der Waals surface area contributed by atoms with Gasteiger partial charge in [-0.15, -0.1) is 0 Å². The van der Waals surface area contributed by atoms with Gasteiger partial charge in [-0.05, 0) is 30.5 Å². The average molecular weight is 437 g/mol. The van der Waals surface area contributed by atoms with Crippen molar-refractivity contribution in [3.8, 4) is 0 Å². The fourth-order valence-electron chi connectivity index (χ4n) is 4.32. The quantitative estimate of drug-likeness (QED) is 0.730. The smallest absolute Gasteiger partial charge is 0.321 e. The van der Waals surface area contributed by atoms with Crippen molar-refractivity contribution in [2.45, 2.75) is 25.5 Å². The van der Waals surface area contributed by atoms with Crippen LogP contribution in [0.1, 0.15) is 18.4 Å². The third-order valence-electron chi connectivity index (χ3n) is 6.15. The molecule has 170 valence electrons. The molecule has 2 N–H and O–H groups in total. The van der Waals surface area contributed by atoms with Gasteiger partial charge in [-0.1, -0.05) is 48.5 Å². The lowest BCUT2D eigenvalue weighted by Gasteiger charge is -2.34. The van der Waals surface area contributed by atoms with E-state index in [4.69, 9.17) is 4.74 Å². The highest BCUT2D eigenvalue weighted by atomic mass is 16.5. The zero-order chi connectivity index (χ0) is 22.2. The molecule has 2 aromatic carbocycles. The van der Waals surface area contributed by atoms with Gasteiger partial charge in [0.2, 0.25) is 5.91 Å². The lowest BCUT2D eigenvalue weighted by atomic mass is 9.96. The molecule has 3 amide bonds. The van der Waals surface area contributed by atoms with Gasteiger partial charge in [-0.2, -0.15) is 0 Å². The molecule has 0 saturated carbocycles. The van der Waals surface area contributed by atoms with E-state index in [0.717, 1.165) is 25.3 Å². The fraction of sp³-hybridized carbons (Fsp3) is 0.440. The van der Waals surface area contributed by atoms with Gasteiger partial charge in [0.1, 0.15) is 0 Å². The van der Waals surface area contributed by atoms with E-state index in [2.05, 4.69) is 39.8 Å². The summed E-state index contributed by atoms with van der Waals surface area (Å²) >= 11 is 0. The molecule has 7 nitrogen and oxygen atoms in total. The Morgan fingerprint density at radius 2 is 1.62 bits per heavy atom. The Labute approximate surface area is 189 Å². The third kappa shape index (κ3) is 6.31. The number of hydrogen-bond acceptors (Lipinski definition) is 4. The molecule has 1 atom stereocenters. The van der Waals surface area contributed by atoms with Gasteiger partial charge in [0.05, 0.1) is 12.7 Å². The van der Waals surface area contributed by atoms with Gasteiger partial charge in [0.15, 0.2) is 0 Å². The van der Waals surface area contributed by atoms with Crippen molar-refractivity contribution in [2.75, 3.05) is 44.6 Å². The van der Waals surface area contributed by atoms with E-state index in [1.165, 1.54) is 5.56 Å². The van der Waals surface area contributed by atoms with Crippen LogP contribution in [0.4, 0.5) is 10.5 Å². The minimum atomic E-state index is -0.107. The Balaban J connectivity index is 1.17. The number of carbonyl (C=O) groups excluding carboxylic acids is 2. The summed E-state index contributed by atoms with van der Waals surface area (Å²) in [6.07, 6.45) is 1.37. The van der Waals surface area contributed by atoms with Crippen molar-refractivity contribution >= 4 is 17.6 Å². The first kappa shape index (κ1) is 22.3. The van der Waals surface area contributed by atoms with Crippen LogP contribution in [-0.2, 0) is 16.1 Å². The maximum absolute atomic E-state index is 12.7. The molecule has 0 spiro atoms. The maximum atomic E-state index is 12.7. The van der Waals surface area contributed by atoms with Crippen LogP contribution in [0.3, 0.4) is 0 Å². The first-order chi connectivity index (χ1) is 15.7. The number of urea groups is 1. The first-order valence-corrected chi connectivity index (χ1v) is 11.4. The van der Waals surface area contributed by atoms with Crippen molar-refractivity contribution < 1.29 is 14.3 Å². The van der Waals surface area contributed by atoms with E-state index in [1.807, 2.05) is 36.4 Å². The number of nitrogens with one attached hydrogen (secondary N) is 2. The Morgan fingerprint density at radius 3 is 2.34 bits per heavy atom. The number of likely N-dealkylation sites (tertiary alicyclic amines) is 1. The monoisotopic (exact) mass is 436 g/mol. The Hall–Kier alpha value is -2.90. The van der Waals surface area contributed by atoms with Gasteiger partial charge in [-0.3, -0.25) is 9.69 Å². The van der Waals surface area contributed by atoms with Gasteiger partial charge in [0.25, 0.3) is 0 Å². The lowest BCUT2D eigenvalue weighted by molar-refractivity contribution is -0.127. The van der Waals surface area contributed by atoms with Crippen LogP contribution < -0.4 is 10.6 Å². The minimum absolute atomic E-state index is 0.00755. The molecule has 0 aliphatic carbocycles. The number of morpholine rings is 1. The number of carbonyl (C=O) groups is 2. The first-order valence-electron chi connectivity index (χ1n) is 11.4. The molecule has 2 heterocycles. The number of piperidine rings is 1. The van der Waals surface area contributed by atoms with Crippen LogP contribution in [0.25, 0.3) is 0 Å². The summed E-state index contributed by atoms with van der Waals surface area (Å²) in [5, 5.41) is 5.99. The van der Waals surface area contributed by atoms with Crippen molar-refractivity contribution in [1.82, 2.24) is 15.1 Å². The summed E-state index contributed by atoms with van der Waals surface area (Å²) in [4.78, 5) is 29.3. The highest BCUT2D eigenvalue weighted by molar-refractivity contribution is 5.89. The van der Waals surface area contributed by atoms with Crippen molar-refractivity contribution in [3.63, 3.8) is 0 Å². The number of anilines is 1. The molecule has 0 bridgehead atoms. The lowest BCUT2D eigenvalue weighted by Crippen LogP contribution is -2.49. The molecule has 2 aliphatic rings. The van der Waals surface area contributed by atoms with Crippen molar-refractivity contribution in [1.29, 1.82) is 0 Å². The number of rotatable bonds is 6. The molecule has 0 aromatic heterocycles.